The van der Waals surface area contributed by atoms with E-state index in [0.717, 1.165) is 29.5 Å². The molecule has 0 amide bonds. The molecule has 0 aliphatic heterocycles. The molecule has 0 radical (unpaired) electrons. The van der Waals surface area contributed by atoms with Crippen molar-refractivity contribution in [2.45, 2.75) is 32.2 Å². The van der Waals surface area contributed by atoms with Gasteiger partial charge in [-0.15, -0.1) is 26.6 Å². The third-order valence-corrected chi connectivity index (χ3v) is 4.44. The van der Waals surface area contributed by atoms with Crippen LogP contribution in [0.25, 0.3) is 5.65 Å². The molecule has 0 aromatic carbocycles. The molecular weight excluding hydrogens is 272 g/mol. The number of hydrogen-bond acceptors (Lipinski definition) is 6. The van der Waals surface area contributed by atoms with Gasteiger partial charge in [0.05, 0.1) is 17.7 Å². The van der Waals surface area contributed by atoms with Gasteiger partial charge in [-0.2, -0.15) is 4.52 Å². The van der Waals surface area contributed by atoms with Crippen LogP contribution in [0.4, 0.5) is 5.82 Å². The Morgan fingerprint density at radius 1 is 1.35 bits per heavy atom. The smallest absolute Gasteiger partial charge is 0.178 e. The number of anilines is 1. The number of hydrogen-bond donors (Lipinski definition) is 1. The molecule has 0 unspecified atom stereocenters. The first kappa shape index (κ1) is 11.8. The molecule has 0 bridgehead atoms. The second kappa shape index (κ2) is 4.52. The molecule has 1 aliphatic carbocycles. The van der Waals surface area contributed by atoms with Gasteiger partial charge in [-0.1, -0.05) is 0 Å². The van der Waals surface area contributed by atoms with Gasteiger partial charge in [0, 0.05) is 10.8 Å². The minimum atomic E-state index is 0.538. The summed E-state index contributed by atoms with van der Waals surface area (Å²) in [7, 11) is 0. The molecule has 1 saturated carbocycles. The van der Waals surface area contributed by atoms with E-state index in [9.17, 15) is 0 Å². The number of fused-ring (bicyclic) bond motifs is 1. The molecule has 0 saturated heterocycles. The fraction of sp³-hybridized carbons (Fsp3) is 0.385. The third-order valence-electron chi connectivity index (χ3n) is 3.50. The average Bonchev–Trinajstić information content (AvgIpc) is 3.09. The van der Waals surface area contributed by atoms with E-state index in [1.165, 1.54) is 17.7 Å². The predicted octanol–water partition coefficient (Wildman–Crippen LogP) is 2.38. The first-order chi connectivity index (χ1) is 9.81. The molecular formula is C13H14N6S. The first-order valence-corrected chi connectivity index (χ1v) is 7.54. The SMILES string of the molecule is Cc1ncsc1CNc1ccc2nnc(C3CC3)n2n1. The number of nitrogens with zero attached hydrogens (tertiary/aromatic N) is 5. The van der Waals surface area contributed by atoms with E-state index in [0.29, 0.717) is 5.92 Å². The lowest BCUT2D eigenvalue weighted by molar-refractivity contribution is 0.814. The van der Waals surface area contributed by atoms with E-state index in [1.807, 2.05) is 29.1 Å². The summed E-state index contributed by atoms with van der Waals surface area (Å²) in [6.45, 7) is 2.77. The van der Waals surface area contributed by atoms with Gasteiger partial charge in [-0.3, -0.25) is 0 Å². The Morgan fingerprint density at radius 3 is 3.00 bits per heavy atom. The van der Waals surface area contributed by atoms with Crippen LogP contribution in [-0.4, -0.2) is 24.8 Å². The van der Waals surface area contributed by atoms with E-state index in [1.54, 1.807) is 11.3 Å². The number of nitrogens with one attached hydrogen (secondary N) is 1. The van der Waals surface area contributed by atoms with Crippen LogP contribution in [0.15, 0.2) is 17.6 Å². The maximum atomic E-state index is 4.59. The fourth-order valence-corrected chi connectivity index (χ4v) is 2.88. The van der Waals surface area contributed by atoms with E-state index in [4.69, 9.17) is 0 Å². The Labute approximate surface area is 119 Å². The van der Waals surface area contributed by atoms with Crippen molar-refractivity contribution in [3.05, 3.63) is 34.0 Å². The lowest BCUT2D eigenvalue weighted by Crippen LogP contribution is -2.05. The van der Waals surface area contributed by atoms with Gasteiger partial charge in [0.2, 0.25) is 0 Å². The van der Waals surface area contributed by atoms with Gasteiger partial charge < -0.3 is 5.32 Å². The van der Waals surface area contributed by atoms with Crippen LogP contribution >= 0.6 is 11.3 Å². The molecule has 20 heavy (non-hydrogen) atoms. The maximum absolute atomic E-state index is 4.59. The van der Waals surface area contributed by atoms with Crippen LogP contribution in [-0.2, 0) is 6.54 Å². The molecule has 4 rings (SSSR count). The largest absolute Gasteiger partial charge is 0.364 e. The van der Waals surface area contributed by atoms with Crippen LogP contribution < -0.4 is 5.32 Å². The van der Waals surface area contributed by atoms with Crippen molar-refractivity contribution in [1.82, 2.24) is 24.8 Å². The van der Waals surface area contributed by atoms with Gasteiger partial charge >= 0.3 is 0 Å². The zero-order valence-corrected chi connectivity index (χ0v) is 11.9. The van der Waals surface area contributed by atoms with Crippen molar-refractivity contribution in [3.8, 4) is 0 Å². The first-order valence-electron chi connectivity index (χ1n) is 6.66. The Morgan fingerprint density at radius 2 is 2.25 bits per heavy atom. The van der Waals surface area contributed by atoms with E-state index in [-0.39, 0.29) is 0 Å². The summed E-state index contributed by atoms with van der Waals surface area (Å²) in [6, 6.07) is 3.89. The van der Waals surface area contributed by atoms with Crippen LogP contribution in [0.1, 0.15) is 35.2 Å². The van der Waals surface area contributed by atoms with Crippen LogP contribution in [0.3, 0.4) is 0 Å². The lowest BCUT2D eigenvalue weighted by atomic mass is 10.4. The second-order valence-corrected chi connectivity index (χ2v) is 5.97. The number of thiazole rings is 1. The summed E-state index contributed by atoms with van der Waals surface area (Å²) < 4.78 is 1.86. The highest BCUT2D eigenvalue weighted by molar-refractivity contribution is 7.09. The predicted molar refractivity (Wildman–Crippen MR) is 76.9 cm³/mol. The van der Waals surface area contributed by atoms with Crippen molar-refractivity contribution < 1.29 is 0 Å². The molecule has 1 fully saturated rings. The Bertz CT molecular complexity index is 757. The molecule has 1 N–H and O–H groups in total. The topological polar surface area (TPSA) is 68.0 Å². The number of aromatic nitrogens is 5. The third kappa shape index (κ3) is 2.03. The van der Waals surface area contributed by atoms with Gasteiger partial charge in [-0.25, -0.2) is 4.98 Å². The highest BCUT2D eigenvalue weighted by atomic mass is 32.1. The summed E-state index contributed by atoms with van der Waals surface area (Å²) in [5.74, 6) is 2.36. The van der Waals surface area contributed by atoms with Gasteiger partial charge in [0.1, 0.15) is 5.82 Å². The molecule has 102 valence electrons. The summed E-state index contributed by atoms with van der Waals surface area (Å²) >= 11 is 1.66. The van der Waals surface area contributed by atoms with Crippen molar-refractivity contribution in [1.29, 1.82) is 0 Å². The molecule has 3 aromatic heterocycles. The fourth-order valence-electron chi connectivity index (χ4n) is 2.16. The highest BCUT2D eigenvalue weighted by Gasteiger charge is 2.29. The second-order valence-electron chi connectivity index (χ2n) is 5.04. The van der Waals surface area contributed by atoms with Crippen LogP contribution in [0.2, 0.25) is 0 Å². The summed E-state index contributed by atoms with van der Waals surface area (Å²) in [4.78, 5) is 5.48. The van der Waals surface area contributed by atoms with Crippen LogP contribution in [0.5, 0.6) is 0 Å². The molecule has 6 nitrogen and oxygen atoms in total. The Balaban J connectivity index is 1.60. The zero-order chi connectivity index (χ0) is 13.5. The van der Waals surface area contributed by atoms with Crippen molar-refractivity contribution in [2.75, 3.05) is 5.32 Å². The van der Waals surface area contributed by atoms with Gasteiger partial charge in [-0.05, 0) is 31.9 Å². The quantitative estimate of drug-likeness (QED) is 0.797. The van der Waals surface area contributed by atoms with Crippen molar-refractivity contribution in [2.24, 2.45) is 0 Å². The minimum absolute atomic E-state index is 0.538. The van der Waals surface area contributed by atoms with E-state index < -0.39 is 0 Å². The number of rotatable bonds is 4. The molecule has 3 heterocycles. The Hall–Kier alpha value is -2.02. The van der Waals surface area contributed by atoms with Crippen LogP contribution in [0, 0.1) is 6.92 Å². The van der Waals surface area contributed by atoms with E-state index >= 15 is 0 Å². The van der Waals surface area contributed by atoms with Crippen molar-refractivity contribution in [3.63, 3.8) is 0 Å². The minimum Gasteiger partial charge on any atom is -0.364 e. The van der Waals surface area contributed by atoms with E-state index in [2.05, 4.69) is 25.6 Å². The lowest BCUT2D eigenvalue weighted by Gasteiger charge is -2.05. The van der Waals surface area contributed by atoms with Crippen molar-refractivity contribution >= 4 is 22.8 Å². The maximum Gasteiger partial charge on any atom is 0.178 e. The normalized spacial score (nSPS) is 14.8. The monoisotopic (exact) mass is 286 g/mol. The molecule has 0 atom stereocenters. The molecule has 3 aromatic rings. The number of aryl methyl sites for hydroxylation is 1. The molecule has 7 heteroatoms. The zero-order valence-electron chi connectivity index (χ0n) is 11.1. The summed E-state index contributed by atoms with van der Waals surface area (Å²) in [5.41, 5.74) is 3.76. The average molecular weight is 286 g/mol. The standard InChI is InChI=1S/C13H14N6S/c1-8-10(20-7-15-8)6-14-11-4-5-12-16-17-13(9-2-3-9)19(12)18-11/h4-5,7,9H,2-3,6H2,1H3,(H,14,18). The van der Waals surface area contributed by atoms with Gasteiger partial charge in [0.15, 0.2) is 11.5 Å². The van der Waals surface area contributed by atoms with Gasteiger partial charge in [0.25, 0.3) is 0 Å². The Kier molecular flexibility index (Phi) is 2.66. The molecule has 0 spiro atoms. The summed E-state index contributed by atoms with van der Waals surface area (Å²) in [5, 5.41) is 16.3. The highest BCUT2D eigenvalue weighted by Crippen LogP contribution is 2.38. The summed E-state index contributed by atoms with van der Waals surface area (Å²) in [6.07, 6.45) is 2.39. The molecule has 1 aliphatic rings.